The van der Waals surface area contributed by atoms with Crippen LogP contribution in [0.3, 0.4) is 0 Å². The van der Waals surface area contributed by atoms with Crippen molar-refractivity contribution in [3.63, 3.8) is 0 Å². The fraction of sp³-hybridized carbons (Fsp3) is 0.412. The summed E-state index contributed by atoms with van der Waals surface area (Å²) in [5.41, 5.74) is 0.122. The number of hydrogen-bond donors (Lipinski definition) is 1. The van der Waals surface area contributed by atoms with Crippen molar-refractivity contribution < 1.29 is 23.1 Å². The Bertz CT molecular complexity index is 852. The van der Waals surface area contributed by atoms with Crippen molar-refractivity contribution in [2.45, 2.75) is 38.0 Å². The Labute approximate surface area is 146 Å². The van der Waals surface area contributed by atoms with Crippen LogP contribution in [0.4, 0.5) is 0 Å². The van der Waals surface area contributed by atoms with Crippen LogP contribution in [0.2, 0.25) is 5.02 Å². The van der Waals surface area contributed by atoms with E-state index in [0.717, 1.165) is 6.26 Å². The van der Waals surface area contributed by atoms with Gasteiger partial charge in [-0.05, 0) is 30.0 Å². The highest BCUT2D eigenvalue weighted by Gasteiger charge is 2.32. The number of sulfone groups is 1. The smallest absolute Gasteiger partial charge is 0.201 e. The lowest BCUT2D eigenvalue weighted by Gasteiger charge is -2.20. The molecule has 0 bridgehead atoms. The molecule has 0 aliphatic heterocycles. The summed E-state index contributed by atoms with van der Waals surface area (Å²) in [7, 11) is -3.49. The molecule has 0 fully saturated rings. The van der Waals surface area contributed by atoms with E-state index in [2.05, 4.69) is 0 Å². The lowest BCUT2D eigenvalue weighted by molar-refractivity contribution is -0.116. The van der Waals surface area contributed by atoms with Crippen molar-refractivity contribution >= 4 is 33.0 Å². The number of hydrogen-bond acceptors (Lipinski definition) is 5. The van der Waals surface area contributed by atoms with Crippen molar-refractivity contribution in [1.82, 2.24) is 0 Å². The van der Waals surface area contributed by atoms with Crippen molar-refractivity contribution in [3.05, 3.63) is 39.6 Å². The second-order valence-corrected chi connectivity index (χ2v) is 8.48. The molecular formula is C17H19ClO5S. The van der Waals surface area contributed by atoms with Gasteiger partial charge >= 0.3 is 0 Å². The zero-order valence-electron chi connectivity index (χ0n) is 13.7. The van der Waals surface area contributed by atoms with Crippen LogP contribution in [-0.2, 0) is 21.1 Å². The van der Waals surface area contributed by atoms with Crippen LogP contribution in [-0.4, -0.2) is 31.3 Å². The summed E-state index contributed by atoms with van der Waals surface area (Å²) in [6.07, 6.45) is 1.83. The molecule has 2 rings (SSSR count). The minimum atomic E-state index is -3.49. The van der Waals surface area contributed by atoms with Gasteiger partial charge in [-0.15, -0.1) is 0 Å². The number of carbonyl (C=O) groups excluding carboxylic acids is 2. The summed E-state index contributed by atoms with van der Waals surface area (Å²) in [6, 6.07) is 2.62. The number of ketones is 2. The molecule has 0 aromatic heterocycles. The molecule has 1 N–H and O–H groups in total. The molecule has 1 unspecified atom stereocenters. The first-order valence-corrected chi connectivity index (χ1v) is 9.86. The second-order valence-electron chi connectivity index (χ2n) is 6.12. The SMILES string of the molecule is CCc1c(S(C)(=O)=O)ccc(C(=O)C2=C(O)CC(C)CC2=O)c1Cl. The molecule has 0 saturated heterocycles. The molecule has 130 valence electrons. The summed E-state index contributed by atoms with van der Waals surface area (Å²) < 4.78 is 23.7. The summed E-state index contributed by atoms with van der Waals surface area (Å²) in [4.78, 5) is 24.9. The molecule has 0 radical (unpaired) electrons. The minimum absolute atomic E-state index is 0.0112. The monoisotopic (exact) mass is 370 g/mol. The molecule has 0 spiro atoms. The van der Waals surface area contributed by atoms with Crippen molar-refractivity contribution in [2.75, 3.05) is 6.26 Å². The van der Waals surface area contributed by atoms with E-state index < -0.39 is 21.4 Å². The predicted molar refractivity (Wildman–Crippen MR) is 91.3 cm³/mol. The molecule has 7 heteroatoms. The highest BCUT2D eigenvalue weighted by atomic mass is 35.5. The van der Waals surface area contributed by atoms with Gasteiger partial charge in [0.25, 0.3) is 0 Å². The molecule has 24 heavy (non-hydrogen) atoms. The normalized spacial score (nSPS) is 18.8. The van der Waals surface area contributed by atoms with Crippen LogP contribution >= 0.6 is 11.6 Å². The van der Waals surface area contributed by atoms with Gasteiger partial charge in [-0.2, -0.15) is 0 Å². The van der Waals surface area contributed by atoms with Crippen LogP contribution in [0, 0.1) is 5.92 Å². The fourth-order valence-electron chi connectivity index (χ4n) is 2.93. The van der Waals surface area contributed by atoms with E-state index in [1.165, 1.54) is 12.1 Å². The standard InChI is InChI=1S/C17H19ClO5S/c1-4-10-14(24(3,22)23)6-5-11(16(10)18)17(21)15-12(19)7-9(2)8-13(15)20/h5-6,9,19H,4,7-8H2,1-3H3. The van der Waals surface area contributed by atoms with E-state index in [1.54, 1.807) is 6.92 Å². The first kappa shape index (κ1) is 18.7. The van der Waals surface area contributed by atoms with Crippen LogP contribution in [0.5, 0.6) is 0 Å². The molecule has 0 amide bonds. The van der Waals surface area contributed by atoms with Gasteiger partial charge in [0.2, 0.25) is 5.78 Å². The lowest BCUT2D eigenvalue weighted by Crippen LogP contribution is -2.24. The first-order valence-electron chi connectivity index (χ1n) is 7.59. The summed E-state index contributed by atoms with van der Waals surface area (Å²) >= 11 is 6.26. The second kappa shape index (κ2) is 6.69. The lowest BCUT2D eigenvalue weighted by atomic mass is 9.84. The molecule has 1 atom stereocenters. The number of halogens is 1. The van der Waals surface area contributed by atoms with Gasteiger partial charge in [-0.25, -0.2) is 8.42 Å². The summed E-state index contributed by atoms with van der Waals surface area (Å²) in [5.74, 6) is -1.34. The zero-order chi connectivity index (χ0) is 18.2. The average Bonchev–Trinajstić information content (AvgIpc) is 2.44. The Morgan fingerprint density at radius 2 is 1.96 bits per heavy atom. The molecule has 5 nitrogen and oxygen atoms in total. The van der Waals surface area contributed by atoms with Gasteiger partial charge in [0, 0.05) is 24.7 Å². The molecule has 1 aliphatic rings. The zero-order valence-corrected chi connectivity index (χ0v) is 15.3. The fourth-order valence-corrected chi connectivity index (χ4v) is 4.38. The quantitative estimate of drug-likeness (QED) is 0.648. The highest BCUT2D eigenvalue weighted by molar-refractivity contribution is 7.90. The molecule has 0 saturated carbocycles. The summed E-state index contributed by atoms with van der Waals surface area (Å²) in [6.45, 7) is 3.55. The van der Waals surface area contributed by atoms with Gasteiger partial charge < -0.3 is 5.11 Å². The molecule has 0 heterocycles. The molecular weight excluding hydrogens is 352 g/mol. The Morgan fingerprint density at radius 3 is 2.46 bits per heavy atom. The first-order chi connectivity index (χ1) is 11.1. The molecule has 1 aromatic carbocycles. The van der Waals surface area contributed by atoms with E-state index in [0.29, 0.717) is 12.0 Å². The molecule has 1 aliphatic carbocycles. The Balaban J connectivity index is 2.60. The maximum Gasteiger partial charge on any atom is 0.201 e. The minimum Gasteiger partial charge on any atom is -0.511 e. The van der Waals surface area contributed by atoms with Gasteiger partial charge in [-0.1, -0.05) is 25.4 Å². The van der Waals surface area contributed by atoms with E-state index in [4.69, 9.17) is 11.6 Å². The van der Waals surface area contributed by atoms with Gasteiger partial charge in [0.1, 0.15) is 11.3 Å². The Kier molecular flexibility index (Phi) is 5.20. The Morgan fingerprint density at radius 1 is 1.33 bits per heavy atom. The van der Waals surface area contributed by atoms with E-state index in [1.807, 2.05) is 6.92 Å². The van der Waals surface area contributed by atoms with E-state index in [9.17, 15) is 23.1 Å². The van der Waals surface area contributed by atoms with Crippen LogP contribution in [0.25, 0.3) is 0 Å². The average molecular weight is 371 g/mol. The number of rotatable bonds is 4. The maximum atomic E-state index is 12.7. The number of benzene rings is 1. The third-order valence-corrected chi connectivity index (χ3v) is 5.68. The van der Waals surface area contributed by atoms with Crippen molar-refractivity contribution in [1.29, 1.82) is 0 Å². The number of aliphatic hydroxyl groups excluding tert-OH is 1. The van der Waals surface area contributed by atoms with Crippen molar-refractivity contribution in [2.24, 2.45) is 5.92 Å². The van der Waals surface area contributed by atoms with E-state index >= 15 is 0 Å². The topological polar surface area (TPSA) is 88.5 Å². The largest absolute Gasteiger partial charge is 0.511 e. The van der Waals surface area contributed by atoms with Crippen LogP contribution in [0.15, 0.2) is 28.4 Å². The van der Waals surface area contributed by atoms with Gasteiger partial charge in [0.05, 0.1) is 9.92 Å². The number of aliphatic hydroxyl groups is 1. The van der Waals surface area contributed by atoms with Crippen LogP contribution in [0.1, 0.15) is 42.6 Å². The van der Waals surface area contributed by atoms with Gasteiger partial charge in [-0.3, -0.25) is 9.59 Å². The maximum absolute atomic E-state index is 12.7. The Hall–Kier alpha value is -1.66. The van der Waals surface area contributed by atoms with Gasteiger partial charge in [0.15, 0.2) is 15.6 Å². The number of carbonyl (C=O) groups is 2. The van der Waals surface area contributed by atoms with Crippen LogP contribution < -0.4 is 0 Å². The van der Waals surface area contributed by atoms with E-state index in [-0.39, 0.29) is 45.6 Å². The summed E-state index contributed by atoms with van der Waals surface area (Å²) in [5, 5.41) is 10.1. The van der Waals surface area contributed by atoms with Crippen molar-refractivity contribution in [3.8, 4) is 0 Å². The third-order valence-electron chi connectivity index (χ3n) is 4.07. The third kappa shape index (κ3) is 3.39. The predicted octanol–water partition coefficient (Wildman–Crippen LogP) is 3.30. The molecule has 1 aromatic rings. The number of Topliss-reactive ketones (excluding diaryl/α,β-unsaturated/α-hetero) is 2. The number of allylic oxidation sites excluding steroid dienone is 2. The highest BCUT2D eigenvalue weighted by Crippen LogP contribution is 2.33.